The molecule has 0 radical (unpaired) electrons. The van der Waals surface area contributed by atoms with Crippen LogP contribution in [-0.4, -0.2) is 38.5 Å². The smallest absolute Gasteiger partial charge is 0.343 e. The van der Waals surface area contributed by atoms with E-state index in [0.29, 0.717) is 11.3 Å². The Labute approximate surface area is 195 Å². The summed E-state index contributed by atoms with van der Waals surface area (Å²) in [6, 6.07) is 23.1. The number of ether oxygens (including phenoxy) is 2. The van der Waals surface area contributed by atoms with Gasteiger partial charge >= 0.3 is 5.97 Å². The second kappa shape index (κ2) is 10.0. The molecule has 5 heteroatoms. The van der Waals surface area contributed by atoms with Crippen LogP contribution in [-0.2, 0) is 10.2 Å². The maximum atomic E-state index is 12.5. The van der Waals surface area contributed by atoms with Gasteiger partial charge in [0.15, 0.2) is 0 Å². The van der Waals surface area contributed by atoms with Crippen molar-refractivity contribution in [2.24, 2.45) is 4.99 Å². The van der Waals surface area contributed by atoms with Gasteiger partial charge < -0.3 is 14.4 Å². The summed E-state index contributed by atoms with van der Waals surface area (Å²) in [5, 5.41) is 0. The molecule has 0 unspecified atom stereocenters. The normalized spacial score (nSPS) is 14.5. The lowest BCUT2D eigenvalue weighted by molar-refractivity contribution is 0.0734. The average molecular weight is 443 g/mol. The van der Waals surface area contributed by atoms with Gasteiger partial charge in [-0.1, -0.05) is 32.9 Å². The molecule has 1 heterocycles. The molecular formula is C28H30N2O3. The van der Waals surface area contributed by atoms with E-state index in [2.05, 4.69) is 42.8 Å². The summed E-state index contributed by atoms with van der Waals surface area (Å²) in [5.74, 6) is 0.143. The molecule has 0 aromatic heterocycles. The van der Waals surface area contributed by atoms with E-state index in [1.54, 1.807) is 18.3 Å². The molecule has 1 fully saturated rings. The van der Waals surface area contributed by atoms with Crippen molar-refractivity contribution in [1.82, 2.24) is 0 Å². The highest BCUT2D eigenvalue weighted by Gasteiger charge is 2.15. The lowest BCUT2D eigenvalue weighted by atomic mass is 9.87. The van der Waals surface area contributed by atoms with Gasteiger partial charge in [-0.3, -0.25) is 4.99 Å². The molecule has 4 rings (SSSR count). The van der Waals surface area contributed by atoms with Gasteiger partial charge in [-0.25, -0.2) is 4.79 Å². The number of esters is 1. The molecule has 0 N–H and O–H groups in total. The van der Waals surface area contributed by atoms with Crippen LogP contribution in [0.15, 0.2) is 77.8 Å². The van der Waals surface area contributed by atoms with Crippen molar-refractivity contribution in [3.63, 3.8) is 0 Å². The molecule has 3 aromatic rings. The standard InChI is InChI=1S/C28H30N2O3/c1-28(2,3)23-8-6-22(7-9-23)27(31)33-26-14-4-21(5-15-26)20-29-24-10-12-25(13-11-24)30-16-18-32-19-17-30/h4-15,20H,16-19H2,1-3H3. The molecule has 0 aliphatic carbocycles. The minimum atomic E-state index is -0.364. The average Bonchev–Trinajstić information content (AvgIpc) is 2.84. The molecule has 0 amide bonds. The van der Waals surface area contributed by atoms with Crippen LogP contribution in [0, 0.1) is 0 Å². The van der Waals surface area contributed by atoms with Crippen molar-refractivity contribution in [2.75, 3.05) is 31.2 Å². The van der Waals surface area contributed by atoms with Crippen molar-refractivity contribution in [3.05, 3.63) is 89.5 Å². The van der Waals surface area contributed by atoms with Gasteiger partial charge in [0.2, 0.25) is 0 Å². The topological polar surface area (TPSA) is 51.1 Å². The largest absolute Gasteiger partial charge is 0.423 e. The Morgan fingerprint density at radius 2 is 1.55 bits per heavy atom. The maximum absolute atomic E-state index is 12.5. The van der Waals surface area contributed by atoms with Crippen molar-refractivity contribution in [1.29, 1.82) is 0 Å². The number of morpholine rings is 1. The lowest BCUT2D eigenvalue weighted by Gasteiger charge is -2.28. The van der Waals surface area contributed by atoms with E-state index in [1.807, 2.05) is 48.5 Å². The van der Waals surface area contributed by atoms with Gasteiger partial charge in [-0.05, 0) is 77.2 Å². The van der Waals surface area contributed by atoms with Crippen molar-refractivity contribution < 1.29 is 14.3 Å². The van der Waals surface area contributed by atoms with E-state index >= 15 is 0 Å². The fourth-order valence-electron chi connectivity index (χ4n) is 3.61. The molecule has 0 atom stereocenters. The molecule has 0 spiro atoms. The molecule has 1 saturated heterocycles. The lowest BCUT2D eigenvalue weighted by Crippen LogP contribution is -2.36. The summed E-state index contributed by atoms with van der Waals surface area (Å²) < 4.78 is 10.9. The molecule has 33 heavy (non-hydrogen) atoms. The van der Waals surface area contributed by atoms with E-state index < -0.39 is 0 Å². The SMILES string of the molecule is CC(C)(C)c1ccc(C(=O)Oc2ccc(C=Nc3ccc(N4CCOCC4)cc3)cc2)cc1. The number of carbonyl (C=O) groups excluding carboxylic acids is 1. The third-order valence-corrected chi connectivity index (χ3v) is 5.67. The molecule has 0 saturated carbocycles. The Morgan fingerprint density at radius 1 is 0.909 bits per heavy atom. The van der Waals surface area contributed by atoms with Crippen LogP contribution in [0.5, 0.6) is 5.75 Å². The van der Waals surface area contributed by atoms with Crippen LogP contribution in [0.2, 0.25) is 0 Å². The quantitative estimate of drug-likeness (QED) is 0.285. The second-order valence-electron chi connectivity index (χ2n) is 9.16. The van der Waals surface area contributed by atoms with E-state index in [9.17, 15) is 4.79 Å². The zero-order valence-corrected chi connectivity index (χ0v) is 19.5. The number of carbonyl (C=O) groups is 1. The summed E-state index contributed by atoms with van der Waals surface area (Å²) >= 11 is 0. The van der Waals surface area contributed by atoms with Gasteiger partial charge in [0, 0.05) is 25.0 Å². The van der Waals surface area contributed by atoms with Crippen LogP contribution < -0.4 is 9.64 Å². The minimum absolute atomic E-state index is 0.0462. The first-order valence-electron chi connectivity index (χ1n) is 11.3. The fourth-order valence-corrected chi connectivity index (χ4v) is 3.61. The van der Waals surface area contributed by atoms with Crippen LogP contribution in [0.3, 0.4) is 0 Å². The second-order valence-corrected chi connectivity index (χ2v) is 9.16. The van der Waals surface area contributed by atoms with Crippen LogP contribution in [0.4, 0.5) is 11.4 Å². The summed E-state index contributed by atoms with van der Waals surface area (Å²) in [6.45, 7) is 9.82. The molecule has 170 valence electrons. The predicted molar refractivity (Wildman–Crippen MR) is 133 cm³/mol. The maximum Gasteiger partial charge on any atom is 0.343 e. The molecule has 3 aromatic carbocycles. The Bertz CT molecular complexity index is 1090. The number of benzene rings is 3. The molecule has 1 aliphatic heterocycles. The Hall–Kier alpha value is -3.44. The Balaban J connectivity index is 1.34. The third-order valence-electron chi connectivity index (χ3n) is 5.67. The van der Waals surface area contributed by atoms with Gasteiger partial charge in [-0.2, -0.15) is 0 Å². The van der Waals surface area contributed by atoms with Crippen LogP contribution in [0.25, 0.3) is 0 Å². The van der Waals surface area contributed by atoms with Gasteiger partial charge in [0.25, 0.3) is 0 Å². The van der Waals surface area contributed by atoms with E-state index in [-0.39, 0.29) is 11.4 Å². The highest BCUT2D eigenvalue weighted by atomic mass is 16.5. The van der Waals surface area contributed by atoms with Crippen molar-refractivity contribution in [2.45, 2.75) is 26.2 Å². The minimum Gasteiger partial charge on any atom is -0.423 e. The Morgan fingerprint density at radius 3 is 2.15 bits per heavy atom. The summed E-state index contributed by atoms with van der Waals surface area (Å²) in [5.41, 5.74) is 4.77. The number of hydrogen-bond acceptors (Lipinski definition) is 5. The molecule has 1 aliphatic rings. The highest BCUT2D eigenvalue weighted by molar-refractivity contribution is 5.91. The van der Waals surface area contributed by atoms with Crippen LogP contribution >= 0.6 is 0 Å². The first-order valence-corrected chi connectivity index (χ1v) is 11.3. The number of anilines is 1. The summed E-state index contributed by atoms with van der Waals surface area (Å²) in [6.07, 6.45) is 1.81. The van der Waals surface area contributed by atoms with Gasteiger partial charge in [-0.15, -0.1) is 0 Å². The van der Waals surface area contributed by atoms with E-state index in [4.69, 9.17) is 9.47 Å². The van der Waals surface area contributed by atoms with Crippen molar-refractivity contribution in [3.8, 4) is 5.75 Å². The van der Waals surface area contributed by atoms with Crippen LogP contribution in [0.1, 0.15) is 42.3 Å². The summed E-state index contributed by atoms with van der Waals surface area (Å²) in [4.78, 5) is 19.3. The van der Waals surface area contributed by atoms with Gasteiger partial charge in [0.05, 0.1) is 24.5 Å². The zero-order chi connectivity index (χ0) is 23.3. The highest BCUT2D eigenvalue weighted by Crippen LogP contribution is 2.23. The number of nitrogens with zero attached hydrogens (tertiary/aromatic N) is 2. The fraction of sp³-hybridized carbons (Fsp3) is 0.286. The number of rotatable bonds is 5. The van der Waals surface area contributed by atoms with Crippen molar-refractivity contribution >= 4 is 23.6 Å². The van der Waals surface area contributed by atoms with E-state index in [0.717, 1.165) is 37.6 Å². The zero-order valence-electron chi connectivity index (χ0n) is 19.5. The number of aliphatic imine (C=N–C) groups is 1. The first kappa shape index (κ1) is 22.7. The predicted octanol–water partition coefficient (Wildman–Crippen LogP) is 5.79. The van der Waals surface area contributed by atoms with E-state index in [1.165, 1.54) is 11.3 Å². The molecule has 5 nitrogen and oxygen atoms in total. The monoisotopic (exact) mass is 442 g/mol. The number of hydrogen-bond donors (Lipinski definition) is 0. The third kappa shape index (κ3) is 6.08. The van der Waals surface area contributed by atoms with Gasteiger partial charge in [0.1, 0.15) is 5.75 Å². The molecular weight excluding hydrogens is 412 g/mol. The summed E-state index contributed by atoms with van der Waals surface area (Å²) in [7, 11) is 0. The first-order chi connectivity index (χ1) is 15.9. The Kier molecular flexibility index (Phi) is 6.90. The molecule has 0 bridgehead atoms.